The van der Waals surface area contributed by atoms with Crippen molar-refractivity contribution in [1.82, 2.24) is 0 Å². The smallest absolute Gasteiger partial charge is 0.0765 e. The minimum Gasteiger partial charge on any atom is -0.376 e. The number of ether oxygens (including phenoxy) is 1. The minimum absolute atomic E-state index is 0.0183. The number of nitrogens with two attached hydrogens (primary N) is 1. The Bertz CT molecular complexity index is 310. The monoisotopic (exact) mass is 249 g/mol. The average molecular weight is 249 g/mol. The fourth-order valence-corrected chi connectivity index (χ4v) is 2.09. The molecule has 1 aromatic rings. The van der Waals surface area contributed by atoms with Crippen LogP contribution in [0.4, 0.5) is 0 Å². The predicted octanol–water partition coefficient (Wildman–Crippen LogP) is 3.92. The summed E-state index contributed by atoms with van der Waals surface area (Å²) in [6.07, 6.45) is 3.42. The highest BCUT2D eigenvalue weighted by molar-refractivity contribution is 5.19. The van der Waals surface area contributed by atoms with Gasteiger partial charge in [-0.25, -0.2) is 0 Å². The normalized spacial score (nSPS) is 14.7. The lowest BCUT2D eigenvalue weighted by atomic mass is 10.0. The third kappa shape index (κ3) is 5.19. The molecule has 2 N–H and O–H groups in total. The first kappa shape index (κ1) is 15.2. The minimum atomic E-state index is -0.0183. The van der Waals surface area contributed by atoms with Crippen LogP contribution >= 0.6 is 0 Å². The summed E-state index contributed by atoms with van der Waals surface area (Å²) in [7, 11) is 0. The van der Waals surface area contributed by atoms with Gasteiger partial charge in [0.1, 0.15) is 0 Å². The van der Waals surface area contributed by atoms with Gasteiger partial charge in [-0.05, 0) is 30.7 Å². The van der Waals surface area contributed by atoms with Crippen LogP contribution in [-0.2, 0) is 4.74 Å². The van der Waals surface area contributed by atoms with Crippen LogP contribution in [0.2, 0.25) is 0 Å². The molecule has 2 unspecified atom stereocenters. The van der Waals surface area contributed by atoms with Crippen molar-refractivity contribution in [3.63, 3.8) is 0 Å². The lowest BCUT2D eigenvalue weighted by Crippen LogP contribution is -2.28. The highest BCUT2D eigenvalue weighted by Gasteiger charge is 2.17. The van der Waals surface area contributed by atoms with Gasteiger partial charge in [-0.3, -0.25) is 0 Å². The van der Waals surface area contributed by atoms with Crippen molar-refractivity contribution < 1.29 is 4.74 Å². The summed E-state index contributed by atoms with van der Waals surface area (Å²) < 4.78 is 5.93. The van der Waals surface area contributed by atoms with Crippen molar-refractivity contribution in [3.05, 3.63) is 35.9 Å². The van der Waals surface area contributed by atoms with Crippen LogP contribution in [0.25, 0.3) is 0 Å². The van der Waals surface area contributed by atoms with E-state index in [0.717, 1.165) is 30.9 Å². The standard InChI is InChI=1S/C16H27NO/c1-4-15(18-12-8-9-13(2)3)16(17)14-10-6-5-7-11-14/h5-7,10-11,13,15-16H,4,8-9,12,17H2,1-3H3. The van der Waals surface area contributed by atoms with Gasteiger partial charge < -0.3 is 10.5 Å². The van der Waals surface area contributed by atoms with Gasteiger partial charge in [0.25, 0.3) is 0 Å². The zero-order valence-electron chi connectivity index (χ0n) is 11.9. The lowest BCUT2D eigenvalue weighted by molar-refractivity contribution is 0.0294. The molecular weight excluding hydrogens is 222 g/mol. The van der Waals surface area contributed by atoms with Crippen molar-refractivity contribution >= 4 is 0 Å². The molecule has 2 atom stereocenters. The number of rotatable bonds is 8. The quantitative estimate of drug-likeness (QED) is 0.709. The topological polar surface area (TPSA) is 35.2 Å². The first-order valence-electron chi connectivity index (χ1n) is 7.07. The van der Waals surface area contributed by atoms with Crippen molar-refractivity contribution in [2.45, 2.75) is 52.2 Å². The van der Waals surface area contributed by atoms with Crippen molar-refractivity contribution in [2.75, 3.05) is 6.61 Å². The fourth-order valence-electron chi connectivity index (χ4n) is 2.09. The molecular formula is C16H27NO. The second-order valence-corrected chi connectivity index (χ2v) is 5.29. The second kappa shape index (κ2) is 8.28. The SMILES string of the molecule is CCC(OCCCC(C)C)C(N)c1ccccc1. The van der Waals surface area contributed by atoms with E-state index in [0.29, 0.717) is 0 Å². The zero-order valence-corrected chi connectivity index (χ0v) is 11.9. The van der Waals surface area contributed by atoms with E-state index in [2.05, 4.69) is 32.9 Å². The third-order valence-electron chi connectivity index (χ3n) is 3.25. The Balaban J connectivity index is 2.41. The van der Waals surface area contributed by atoms with Crippen LogP contribution < -0.4 is 5.73 Å². The first-order chi connectivity index (χ1) is 8.65. The fraction of sp³-hybridized carbons (Fsp3) is 0.625. The van der Waals surface area contributed by atoms with Crippen molar-refractivity contribution in [3.8, 4) is 0 Å². The molecule has 0 bridgehead atoms. The van der Waals surface area contributed by atoms with E-state index < -0.39 is 0 Å². The van der Waals surface area contributed by atoms with Crippen molar-refractivity contribution in [2.24, 2.45) is 11.7 Å². The molecule has 0 radical (unpaired) electrons. The van der Waals surface area contributed by atoms with Crippen LogP contribution in [-0.4, -0.2) is 12.7 Å². The predicted molar refractivity (Wildman–Crippen MR) is 77.5 cm³/mol. The summed E-state index contributed by atoms with van der Waals surface area (Å²) in [6, 6.07) is 10.2. The molecule has 1 aromatic carbocycles. The lowest BCUT2D eigenvalue weighted by Gasteiger charge is -2.23. The Morgan fingerprint density at radius 2 is 1.83 bits per heavy atom. The van der Waals surface area contributed by atoms with E-state index in [4.69, 9.17) is 10.5 Å². The molecule has 0 spiro atoms. The summed E-state index contributed by atoms with van der Waals surface area (Å²) in [5, 5.41) is 0. The van der Waals surface area contributed by atoms with Crippen LogP contribution in [0.15, 0.2) is 30.3 Å². The zero-order chi connectivity index (χ0) is 13.4. The Morgan fingerprint density at radius 3 is 2.39 bits per heavy atom. The molecule has 18 heavy (non-hydrogen) atoms. The molecule has 2 nitrogen and oxygen atoms in total. The summed E-state index contributed by atoms with van der Waals surface area (Å²) in [5.41, 5.74) is 7.43. The molecule has 0 aromatic heterocycles. The van der Waals surface area contributed by atoms with Gasteiger partial charge >= 0.3 is 0 Å². The Labute approximate surface area is 112 Å². The molecule has 0 saturated heterocycles. The summed E-state index contributed by atoms with van der Waals surface area (Å²) in [5.74, 6) is 0.747. The van der Waals surface area contributed by atoms with Gasteiger partial charge in [0.15, 0.2) is 0 Å². The molecule has 102 valence electrons. The number of benzene rings is 1. The van der Waals surface area contributed by atoms with Gasteiger partial charge in [-0.2, -0.15) is 0 Å². The van der Waals surface area contributed by atoms with Crippen LogP contribution in [0, 0.1) is 5.92 Å². The highest BCUT2D eigenvalue weighted by atomic mass is 16.5. The molecule has 0 amide bonds. The molecule has 0 saturated carbocycles. The van der Waals surface area contributed by atoms with Crippen molar-refractivity contribution in [1.29, 1.82) is 0 Å². The van der Waals surface area contributed by atoms with E-state index in [9.17, 15) is 0 Å². The summed E-state index contributed by atoms with van der Waals surface area (Å²) in [4.78, 5) is 0. The summed E-state index contributed by atoms with van der Waals surface area (Å²) >= 11 is 0. The van der Waals surface area contributed by atoms with E-state index in [1.807, 2.05) is 18.2 Å². The van der Waals surface area contributed by atoms with E-state index in [1.54, 1.807) is 0 Å². The van der Waals surface area contributed by atoms with Gasteiger partial charge in [-0.15, -0.1) is 0 Å². The Morgan fingerprint density at radius 1 is 1.17 bits per heavy atom. The third-order valence-corrected chi connectivity index (χ3v) is 3.25. The van der Waals surface area contributed by atoms with Gasteiger partial charge in [0.05, 0.1) is 12.1 Å². The van der Waals surface area contributed by atoms with Gasteiger partial charge in [-0.1, -0.05) is 51.1 Å². The van der Waals surface area contributed by atoms with Gasteiger partial charge in [0.2, 0.25) is 0 Å². The second-order valence-electron chi connectivity index (χ2n) is 5.29. The molecule has 0 fully saturated rings. The molecule has 2 heteroatoms. The van der Waals surface area contributed by atoms with E-state index >= 15 is 0 Å². The average Bonchev–Trinajstić information content (AvgIpc) is 2.39. The van der Waals surface area contributed by atoms with Crippen LogP contribution in [0.3, 0.4) is 0 Å². The molecule has 1 rings (SSSR count). The summed E-state index contributed by atoms with van der Waals surface area (Å²) in [6.45, 7) is 7.44. The van der Waals surface area contributed by atoms with E-state index in [-0.39, 0.29) is 12.1 Å². The molecule has 0 aliphatic heterocycles. The maximum atomic E-state index is 6.27. The highest BCUT2D eigenvalue weighted by Crippen LogP contribution is 2.19. The molecule has 0 heterocycles. The Hall–Kier alpha value is -0.860. The van der Waals surface area contributed by atoms with Crippen LogP contribution in [0.1, 0.15) is 51.6 Å². The van der Waals surface area contributed by atoms with Gasteiger partial charge in [0, 0.05) is 6.61 Å². The number of hydrogen-bond donors (Lipinski definition) is 1. The van der Waals surface area contributed by atoms with Crippen LogP contribution in [0.5, 0.6) is 0 Å². The maximum Gasteiger partial charge on any atom is 0.0765 e. The number of hydrogen-bond acceptors (Lipinski definition) is 2. The molecule has 0 aliphatic rings. The maximum absolute atomic E-state index is 6.27. The molecule has 0 aliphatic carbocycles. The first-order valence-corrected chi connectivity index (χ1v) is 7.07. The largest absolute Gasteiger partial charge is 0.376 e. The van der Waals surface area contributed by atoms with E-state index in [1.165, 1.54) is 6.42 Å². The Kier molecular flexibility index (Phi) is 6.99.